The van der Waals surface area contributed by atoms with Crippen molar-refractivity contribution >= 4 is 11.7 Å². The second-order valence-electron chi connectivity index (χ2n) is 4.95. The van der Waals surface area contributed by atoms with Crippen molar-refractivity contribution in [2.45, 2.75) is 45.2 Å². The molecule has 2 rings (SSSR count). The number of carbonyl (C=O) groups is 1. The summed E-state index contributed by atoms with van der Waals surface area (Å²) in [5.41, 5.74) is 0.243. The van der Waals surface area contributed by atoms with E-state index in [0.717, 1.165) is 19.3 Å². The van der Waals surface area contributed by atoms with Crippen LogP contribution in [0.25, 0.3) is 0 Å². The van der Waals surface area contributed by atoms with E-state index in [2.05, 4.69) is 5.32 Å². The van der Waals surface area contributed by atoms with Crippen LogP contribution in [0.1, 0.15) is 33.1 Å². The number of likely N-dealkylation sites (tertiary alicyclic amines) is 1. The van der Waals surface area contributed by atoms with Gasteiger partial charge in [-0.15, -0.1) is 0 Å². The van der Waals surface area contributed by atoms with Crippen LogP contribution >= 0.6 is 0 Å². The number of nitrogens with one attached hydrogen (secondary N) is 1. The van der Waals surface area contributed by atoms with Crippen LogP contribution in [0.3, 0.4) is 0 Å². The molecule has 1 N–H and O–H groups in total. The van der Waals surface area contributed by atoms with Crippen LogP contribution < -0.4 is 5.32 Å². The van der Waals surface area contributed by atoms with Crippen molar-refractivity contribution < 1.29 is 9.18 Å². The van der Waals surface area contributed by atoms with Crippen LogP contribution in [0, 0.1) is 5.82 Å². The summed E-state index contributed by atoms with van der Waals surface area (Å²) in [5, 5.41) is 2.65. The Morgan fingerprint density at radius 2 is 1.89 bits per heavy atom. The first-order chi connectivity index (χ1) is 8.59. The van der Waals surface area contributed by atoms with Crippen molar-refractivity contribution in [1.82, 2.24) is 4.90 Å². The van der Waals surface area contributed by atoms with E-state index in [1.165, 1.54) is 6.07 Å². The van der Waals surface area contributed by atoms with Gasteiger partial charge in [0.25, 0.3) is 0 Å². The molecule has 1 fully saturated rings. The second-order valence-corrected chi connectivity index (χ2v) is 4.95. The SMILES string of the molecule is CC1CCCC(C)N1C(=O)Nc1ccccc1F. The summed E-state index contributed by atoms with van der Waals surface area (Å²) >= 11 is 0. The van der Waals surface area contributed by atoms with Crippen molar-refractivity contribution in [1.29, 1.82) is 0 Å². The second kappa shape index (κ2) is 5.38. The summed E-state index contributed by atoms with van der Waals surface area (Å²) in [5.74, 6) is -0.400. The van der Waals surface area contributed by atoms with Crippen LogP contribution in [-0.2, 0) is 0 Å². The average molecular weight is 250 g/mol. The summed E-state index contributed by atoms with van der Waals surface area (Å²) in [4.78, 5) is 14.0. The Morgan fingerprint density at radius 1 is 1.28 bits per heavy atom. The first-order valence-corrected chi connectivity index (χ1v) is 6.43. The molecule has 1 saturated heterocycles. The predicted octanol–water partition coefficient (Wildman–Crippen LogP) is 3.62. The van der Waals surface area contributed by atoms with Gasteiger partial charge in [0.1, 0.15) is 5.82 Å². The molecule has 4 heteroatoms. The summed E-state index contributed by atoms with van der Waals surface area (Å²) in [7, 11) is 0. The van der Waals surface area contributed by atoms with Crippen LogP contribution in [0.15, 0.2) is 24.3 Å². The fourth-order valence-electron chi connectivity index (χ4n) is 2.56. The maximum absolute atomic E-state index is 13.5. The third-order valence-electron chi connectivity index (χ3n) is 3.54. The average Bonchev–Trinajstić information content (AvgIpc) is 2.32. The van der Waals surface area contributed by atoms with Gasteiger partial charge in [0.2, 0.25) is 0 Å². The van der Waals surface area contributed by atoms with Crippen molar-refractivity contribution in [3.05, 3.63) is 30.1 Å². The van der Waals surface area contributed by atoms with Crippen LogP contribution in [0.4, 0.5) is 14.9 Å². The molecule has 0 aromatic heterocycles. The topological polar surface area (TPSA) is 32.3 Å². The Morgan fingerprint density at radius 3 is 2.50 bits per heavy atom. The molecule has 2 atom stereocenters. The molecule has 0 saturated carbocycles. The maximum atomic E-state index is 13.5. The smallest absolute Gasteiger partial charge is 0.319 e. The third-order valence-corrected chi connectivity index (χ3v) is 3.54. The number of hydrogen-bond donors (Lipinski definition) is 1. The summed E-state index contributed by atoms with van der Waals surface area (Å²) in [6, 6.07) is 6.45. The highest BCUT2D eigenvalue weighted by atomic mass is 19.1. The van der Waals surface area contributed by atoms with Crippen LogP contribution in [0.2, 0.25) is 0 Å². The minimum atomic E-state index is -0.400. The molecule has 0 radical (unpaired) electrons. The summed E-state index contributed by atoms with van der Waals surface area (Å²) < 4.78 is 13.5. The van der Waals surface area contributed by atoms with Crippen molar-refractivity contribution in [2.24, 2.45) is 0 Å². The number of nitrogens with zero attached hydrogens (tertiary/aromatic N) is 1. The number of carbonyl (C=O) groups excluding carboxylic acids is 1. The van der Waals surface area contributed by atoms with E-state index in [4.69, 9.17) is 0 Å². The van der Waals surface area contributed by atoms with Gasteiger partial charge in [-0.25, -0.2) is 9.18 Å². The lowest BCUT2D eigenvalue weighted by atomic mass is 9.98. The van der Waals surface area contributed by atoms with Gasteiger partial charge in [-0.05, 0) is 45.2 Å². The Balaban J connectivity index is 2.09. The lowest BCUT2D eigenvalue weighted by molar-refractivity contribution is 0.133. The fraction of sp³-hybridized carbons (Fsp3) is 0.500. The standard InChI is InChI=1S/C14H19FN2O/c1-10-6-5-7-11(2)17(10)14(18)16-13-9-4-3-8-12(13)15/h3-4,8-11H,5-7H2,1-2H3,(H,16,18). The molecular formula is C14H19FN2O. The third kappa shape index (κ3) is 2.63. The summed E-state index contributed by atoms with van der Waals surface area (Å²) in [6.07, 6.45) is 3.16. The number of benzene rings is 1. The molecule has 2 unspecified atom stereocenters. The monoisotopic (exact) mass is 250 g/mol. The molecule has 1 aliphatic heterocycles. The van der Waals surface area contributed by atoms with Crippen LogP contribution in [-0.4, -0.2) is 23.0 Å². The number of amides is 2. The largest absolute Gasteiger partial charge is 0.322 e. The van der Waals surface area contributed by atoms with Gasteiger partial charge in [0.05, 0.1) is 5.69 Å². The molecule has 3 nitrogen and oxygen atoms in total. The molecule has 98 valence electrons. The molecule has 1 aromatic rings. The molecule has 0 bridgehead atoms. The van der Waals surface area contributed by atoms with Crippen molar-refractivity contribution in [3.8, 4) is 0 Å². The van der Waals surface area contributed by atoms with Crippen LogP contribution in [0.5, 0.6) is 0 Å². The first-order valence-electron chi connectivity index (χ1n) is 6.43. The molecular weight excluding hydrogens is 231 g/mol. The number of hydrogen-bond acceptors (Lipinski definition) is 1. The highest BCUT2D eigenvalue weighted by molar-refractivity contribution is 5.89. The van der Waals surface area contributed by atoms with Gasteiger partial charge in [0, 0.05) is 12.1 Å². The van der Waals surface area contributed by atoms with E-state index in [-0.39, 0.29) is 23.8 Å². The lowest BCUT2D eigenvalue weighted by Crippen LogP contribution is -2.49. The van der Waals surface area contributed by atoms with Gasteiger partial charge in [0.15, 0.2) is 0 Å². The van der Waals surface area contributed by atoms with E-state index in [1.54, 1.807) is 18.2 Å². The normalized spacial score (nSPS) is 23.8. The predicted molar refractivity (Wildman–Crippen MR) is 70.0 cm³/mol. The number of para-hydroxylation sites is 1. The molecule has 2 amide bonds. The zero-order chi connectivity index (χ0) is 13.1. The molecule has 1 aromatic carbocycles. The number of urea groups is 1. The van der Waals surface area contributed by atoms with E-state index in [9.17, 15) is 9.18 Å². The zero-order valence-electron chi connectivity index (χ0n) is 10.8. The summed E-state index contributed by atoms with van der Waals surface area (Å²) in [6.45, 7) is 4.08. The van der Waals surface area contributed by atoms with E-state index >= 15 is 0 Å². The zero-order valence-corrected chi connectivity index (χ0v) is 10.8. The van der Waals surface area contributed by atoms with E-state index in [0.29, 0.717) is 0 Å². The van der Waals surface area contributed by atoms with Gasteiger partial charge in [-0.3, -0.25) is 0 Å². The van der Waals surface area contributed by atoms with Crippen molar-refractivity contribution in [2.75, 3.05) is 5.32 Å². The molecule has 18 heavy (non-hydrogen) atoms. The number of anilines is 1. The fourth-order valence-corrected chi connectivity index (χ4v) is 2.56. The lowest BCUT2D eigenvalue weighted by Gasteiger charge is -2.38. The molecule has 0 aliphatic carbocycles. The maximum Gasteiger partial charge on any atom is 0.322 e. The first kappa shape index (κ1) is 12.9. The van der Waals surface area contributed by atoms with Gasteiger partial charge in [-0.1, -0.05) is 12.1 Å². The Labute approximate surface area is 107 Å². The Hall–Kier alpha value is -1.58. The Bertz CT molecular complexity index is 426. The van der Waals surface area contributed by atoms with E-state index < -0.39 is 5.82 Å². The molecule has 1 heterocycles. The van der Waals surface area contributed by atoms with Gasteiger partial charge < -0.3 is 10.2 Å². The molecule has 0 spiro atoms. The van der Waals surface area contributed by atoms with Gasteiger partial charge in [-0.2, -0.15) is 0 Å². The number of halogens is 1. The number of rotatable bonds is 1. The Kier molecular flexibility index (Phi) is 3.84. The van der Waals surface area contributed by atoms with Crippen molar-refractivity contribution in [3.63, 3.8) is 0 Å². The number of piperidine rings is 1. The highest BCUT2D eigenvalue weighted by Crippen LogP contribution is 2.24. The van der Waals surface area contributed by atoms with E-state index in [1.807, 2.05) is 18.7 Å². The minimum Gasteiger partial charge on any atom is -0.319 e. The minimum absolute atomic E-state index is 0.209. The van der Waals surface area contributed by atoms with Gasteiger partial charge >= 0.3 is 6.03 Å². The quantitative estimate of drug-likeness (QED) is 0.811. The highest BCUT2D eigenvalue weighted by Gasteiger charge is 2.29. The molecule has 1 aliphatic rings.